The van der Waals surface area contributed by atoms with Crippen molar-refractivity contribution in [3.05, 3.63) is 56.6 Å². The molecule has 0 amide bonds. The number of allylic oxidation sites excluding steroid dienone is 2. The molecule has 0 saturated heterocycles. The maximum Gasteiger partial charge on any atom is 0.165 e. The van der Waals surface area contributed by atoms with Crippen LogP contribution in [0.5, 0.6) is 0 Å². The van der Waals surface area contributed by atoms with Gasteiger partial charge in [0.15, 0.2) is 11.9 Å². The van der Waals surface area contributed by atoms with Crippen LogP contribution >= 0.6 is 15.9 Å². The Hall–Kier alpha value is -1.82. The molecule has 4 aliphatic rings. The zero-order chi connectivity index (χ0) is 18.3. The summed E-state index contributed by atoms with van der Waals surface area (Å²) in [5, 5.41) is 12.1. The van der Waals surface area contributed by atoms with E-state index in [-0.39, 0.29) is 23.2 Å². The molecule has 0 radical (unpaired) electrons. The van der Waals surface area contributed by atoms with Crippen molar-refractivity contribution < 1.29 is 9.18 Å². The van der Waals surface area contributed by atoms with Crippen LogP contribution < -0.4 is 5.32 Å². The number of hydrogen-bond donors (Lipinski definition) is 1. The van der Waals surface area contributed by atoms with Gasteiger partial charge in [-0.3, -0.25) is 4.79 Å². The summed E-state index contributed by atoms with van der Waals surface area (Å²) in [6, 6.07) is 5.22. The lowest BCUT2D eigenvalue weighted by atomic mass is 9.60. The summed E-state index contributed by atoms with van der Waals surface area (Å²) >= 11 is 3.55. The number of rotatable bonds is 0. The summed E-state index contributed by atoms with van der Waals surface area (Å²) in [5.74, 6) is -0.0391. The number of benzene rings is 1. The van der Waals surface area contributed by atoms with Gasteiger partial charge in [-0.05, 0) is 57.8 Å². The second-order valence-electron chi connectivity index (χ2n) is 8.43. The van der Waals surface area contributed by atoms with Crippen molar-refractivity contribution in [2.45, 2.75) is 51.1 Å². The van der Waals surface area contributed by atoms with Crippen LogP contribution in [-0.2, 0) is 16.6 Å². The molecule has 2 aliphatic carbocycles. The standard InChI is InChI=1S/C20H19BrFN3O/c1-19(2)8-13-15(14(26)9-19)20(16-17(21)24-25-18(16)23-13)7-6-10-11(20)4-3-5-12(10)22/h3-5,18,23H,6-9H2,1-2H3. The Morgan fingerprint density at radius 1 is 1.31 bits per heavy atom. The number of Topliss-reactive ketones (excluding diaryl/α,β-unsaturated/α-hetero) is 1. The molecule has 0 bridgehead atoms. The first-order valence-corrected chi connectivity index (χ1v) is 9.75. The van der Waals surface area contributed by atoms with Crippen molar-refractivity contribution in [1.82, 2.24) is 5.32 Å². The van der Waals surface area contributed by atoms with E-state index in [1.807, 2.05) is 6.07 Å². The predicted octanol–water partition coefficient (Wildman–Crippen LogP) is 4.65. The summed E-state index contributed by atoms with van der Waals surface area (Å²) in [6.45, 7) is 4.23. The van der Waals surface area contributed by atoms with Crippen LogP contribution in [0.25, 0.3) is 0 Å². The molecule has 0 aromatic heterocycles. The monoisotopic (exact) mass is 415 g/mol. The van der Waals surface area contributed by atoms with Crippen molar-refractivity contribution in [1.29, 1.82) is 0 Å². The molecule has 2 atom stereocenters. The third-order valence-electron chi connectivity index (χ3n) is 6.16. The van der Waals surface area contributed by atoms with E-state index < -0.39 is 5.41 Å². The molecule has 4 nitrogen and oxygen atoms in total. The lowest BCUT2D eigenvalue weighted by Crippen LogP contribution is -2.50. The van der Waals surface area contributed by atoms with Gasteiger partial charge in [0.1, 0.15) is 10.4 Å². The van der Waals surface area contributed by atoms with Gasteiger partial charge in [0, 0.05) is 23.3 Å². The Morgan fingerprint density at radius 3 is 2.92 bits per heavy atom. The molecule has 6 heteroatoms. The van der Waals surface area contributed by atoms with Crippen LogP contribution in [0.2, 0.25) is 0 Å². The maximum absolute atomic E-state index is 14.5. The van der Waals surface area contributed by atoms with Gasteiger partial charge in [0.05, 0.1) is 5.41 Å². The minimum atomic E-state index is -0.626. The molecular formula is C20H19BrFN3O. The van der Waals surface area contributed by atoms with Crippen LogP contribution in [0.15, 0.2) is 49.9 Å². The third-order valence-corrected chi connectivity index (χ3v) is 6.74. The molecule has 2 aliphatic heterocycles. The topological polar surface area (TPSA) is 53.8 Å². The molecule has 26 heavy (non-hydrogen) atoms. The highest BCUT2D eigenvalue weighted by atomic mass is 79.9. The van der Waals surface area contributed by atoms with E-state index in [9.17, 15) is 9.18 Å². The van der Waals surface area contributed by atoms with Gasteiger partial charge in [-0.25, -0.2) is 4.39 Å². The van der Waals surface area contributed by atoms with Gasteiger partial charge in [0.25, 0.3) is 0 Å². The van der Waals surface area contributed by atoms with Crippen LogP contribution in [0.1, 0.15) is 44.2 Å². The number of halogens is 2. The summed E-state index contributed by atoms with van der Waals surface area (Å²) in [5.41, 5.74) is 3.62. The Kier molecular flexibility index (Phi) is 3.22. The van der Waals surface area contributed by atoms with Gasteiger partial charge >= 0.3 is 0 Å². The minimum Gasteiger partial charge on any atom is -0.362 e. The molecule has 0 fully saturated rings. The quantitative estimate of drug-likeness (QED) is 0.626. The molecule has 1 aromatic rings. The number of ketones is 1. The van der Waals surface area contributed by atoms with E-state index in [4.69, 9.17) is 0 Å². The molecule has 0 saturated carbocycles. The fraction of sp³-hybridized carbons (Fsp3) is 0.450. The normalized spacial score (nSPS) is 31.2. The average Bonchev–Trinajstić information content (AvgIpc) is 3.09. The molecule has 1 aromatic carbocycles. The fourth-order valence-electron chi connectivity index (χ4n) is 5.28. The lowest BCUT2D eigenvalue weighted by molar-refractivity contribution is -0.119. The van der Waals surface area contributed by atoms with Crippen LogP contribution in [0.4, 0.5) is 4.39 Å². The van der Waals surface area contributed by atoms with Crippen LogP contribution in [0.3, 0.4) is 0 Å². The number of carbonyl (C=O) groups excluding carboxylic acids is 1. The second-order valence-corrected chi connectivity index (χ2v) is 9.18. The summed E-state index contributed by atoms with van der Waals surface area (Å²) in [6.07, 6.45) is 2.30. The van der Waals surface area contributed by atoms with Crippen LogP contribution in [0, 0.1) is 11.2 Å². The average molecular weight is 416 g/mol. The Balaban J connectivity index is 1.84. The van der Waals surface area contributed by atoms with Crippen LogP contribution in [-0.4, -0.2) is 11.9 Å². The number of hydrogen-bond acceptors (Lipinski definition) is 4. The van der Waals surface area contributed by atoms with Crippen molar-refractivity contribution in [3.63, 3.8) is 0 Å². The number of nitrogens with one attached hydrogen (secondary N) is 1. The molecule has 134 valence electrons. The predicted molar refractivity (Wildman–Crippen MR) is 99.2 cm³/mol. The van der Waals surface area contributed by atoms with Crippen molar-refractivity contribution >= 4 is 21.7 Å². The first kappa shape index (κ1) is 16.4. The second kappa shape index (κ2) is 5.12. The van der Waals surface area contributed by atoms with E-state index in [2.05, 4.69) is 45.3 Å². The van der Waals surface area contributed by atoms with E-state index in [1.165, 1.54) is 6.07 Å². The number of nitrogens with zero attached hydrogens (tertiary/aromatic N) is 2. The molecule has 1 spiro atoms. The van der Waals surface area contributed by atoms with Crippen molar-refractivity contribution in [3.8, 4) is 0 Å². The van der Waals surface area contributed by atoms with Crippen molar-refractivity contribution in [2.24, 2.45) is 15.6 Å². The highest BCUT2D eigenvalue weighted by Gasteiger charge is 2.57. The summed E-state index contributed by atoms with van der Waals surface area (Å²) < 4.78 is 15.2. The van der Waals surface area contributed by atoms with Gasteiger partial charge in [-0.1, -0.05) is 26.0 Å². The fourth-order valence-corrected chi connectivity index (χ4v) is 5.93. The SMILES string of the molecule is CC1(C)CC(=O)C2=C(C1)NC1N=NC(Br)=C1C21CCc2c(F)cccc21. The lowest BCUT2D eigenvalue weighted by Gasteiger charge is -2.46. The molecular weight excluding hydrogens is 397 g/mol. The van der Waals surface area contributed by atoms with E-state index in [0.29, 0.717) is 23.9 Å². The summed E-state index contributed by atoms with van der Waals surface area (Å²) in [4.78, 5) is 13.3. The largest absolute Gasteiger partial charge is 0.362 e. The number of fused-ring (bicyclic) bond motifs is 5. The maximum atomic E-state index is 14.5. The number of carbonyl (C=O) groups is 1. The van der Waals surface area contributed by atoms with E-state index in [0.717, 1.165) is 34.4 Å². The molecule has 1 N–H and O–H groups in total. The van der Waals surface area contributed by atoms with E-state index in [1.54, 1.807) is 6.07 Å². The van der Waals surface area contributed by atoms with Gasteiger partial charge in [-0.2, -0.15) is 5.11 Å². The smallest absolute Gasteiger partial charge is 0.165 e. The molecule has 5 rings (SSSR count). The Morgan fingerprint density at radius 2 is 2.12 bits per heavy atom. The minimum absolute atomic E-state index is 0.0956. The first-order chi connectivity index (χ1) is 12.3. The first-order valence-electron chi connectivity index (χ1n) is 8.96. The number of azo groups is 1. The van der Waals surface area contributed by atoms with Gasteiger partial charge in [0.2, 0.25) is 0 Å². The third kappa shape index (κ3) is 1.96. The highest BCUT2D eigenvalue weighted by molar-refractivity contribution is 9.11. The van der Waals surface area contributed by atoms with E-state index >= 15 is 0 Å². The molecule has 2 unspecified atom stereocenters. The Bertz CT molecular complexity index is 962. The highest BCUT2D eigenvalue weighted by Crippen LogP contribution is 2.59. The van der Waals surface area contributed by atoms with Gasteiger partial charge in [-0.15, -0.1) is 5.11 Å². The van der Waals surface area contributed by atoms with Gasteiger partial charge < -0.3 is 5.32 Å². The summed E-state index contributed by atoms with van der Waals surface area (Å²) in [7, 11) is 0. The zero-order valence-corrected chi connectivity index (χ0v) is 16.3. The van der Waals surface area contributed by atoms with Crippen molar-refractivity contribution in [2.75, 3.05) is 0 Å². The zero-order valence-electron chi connectivity index (χ0n) is 14.7. The molecule has 2 heterocycles. The Labute approximate surface area is 159 Å².